The first-order valence-corrected chi connectivity index (χ1v) is 8.72. The van der Waals surface area contributed by atoms with Gasteiger partial charge in [-0.25, -0.2) is 4.79 Å². The molecule has 0 saturated carbocycles. The van der Waals surface area contributed by atoms with Crippen LogP contribution < -0.4 is 0 Å². The zero-order valence-electron chi connectivity index (χ0n) is 17.5. The molecule has 0 aliphatic rings. The molecule has 25 heavy (non-hydrogen) atoms. The Labute approximate surface area is 175 Å². The van der Waals surface area contributed by atoms with Gasteiger partial charge in [0.1, 0.15) is 6.04 Å². The van der Waals surface area contributed by atoms with E-state index in [0.717, 1.165) is 5.56 Å². The van der Waals surface area contributed by atoms with Gasteiger partial charge in [0, 0.05) is 35.8 Å². The van der Waals surface area contributed by atoms with Crippen molar-refractivity contribution in [3.8, 4) is 0 Å². The van der Waals surface area contributed by atoms with Crippen molar-refractivity contribution in [1.82, 2.24) is 0 Å². The molecule has 4 heteroatoms. The summed E-state index contributed by atoms with van der Waals surface area (Å²) < 4.78 is 0. The van der Waals surface area contributed by atoms with Gasteiger partial charge >= 0.3 is 5.97 Å². The van der Waals surface area contributed by atoms with Crippen molar-refractivity contribution >= 4 is 41.7 Å². The zero-order chi connectivity index (χ0) is 18.7. The second kappa shape index (κ2) is 9.34. The SMILES string of the molecule is CC(C)CC(N=Cc1cc(C(C)(C)C)cc(C(C)(C)C)c1)C(=O)O.[Na]. The minimum absolute atomic E-state index is 0. The van der Waals surface area contributed by atoms with E-state index in [-0.39, 0.29) is 40.4 Å². The summed E-state index contributed by atoms with van der Waals surface area (Å²) >= 11 is 0. The van der Waals surface area contributed by atoms with Crippen LogP contribution in [0.3, 0.4) is 0 Å². The fourth-order valence-corrected chi connectivity index (χ4v) is 2.44. The van der Waals surface area contributed by atoms with Crippen LogP contribution in [0.4, 0.5) is 0 Å². The number of aliphatic carboxylic acids is 1. The van der Waals surface area contributed by atoms with Crippen LogP contribution in [0.1, 0.15) is 78.5 Å². The van der Waals surface area contributed by atoms with Gasteiger partial charge in [-0.2, -0.15) is 0 Å². The molecule has 1 radical (unpaired) electrons. The molecule has 0 aliphatic carbocycles. The monoisotopic (exact) mass is 354 g/mol. The third-order valence-electron chi connectivity index (χ3n) is 4.07. The number of carboxylic acid groups (broad SMARTS) is 1. The number of carboxylic acids is 1. The molecule has 0 aromatic heterocycles. The molecular formula is C21H33NNaO2. The number of aliphatic imine (C=N–C) groups is 1. The van der Waals surface area contributed by atoms with Crippen molar-refractivity contribution in [3.63, 3.8) is 0 Å². The van der Waals surface area contributed by atoms with Gasteiger partial charge in [-0.3, -0.25) is 4.99 Å². The third kappa shape index (κ3) is 8.06. The summed E-state index contributed by atoms with van der Waals surface area (Å²) in [5, 5.41) is 9.35. The summed E-state index contributed by atoms with van der Waals surface area (Å²) in [6, 6.07) is 5.81. The van der Waals surface area contributed by atoms with Crippen LogP contribution >= 0.6 is 0 Å². The molecule has 1 atom stereocenters. The van der Waals surface area contributed by atoms with Crippen LogP contribution in [0.15, 0.2) is 23.2 Å². The van der Waals surface area contributed by atoms with E-state index >= 15 is 0 Å². The van der Waals surface area contributed by atoms with Crippen LogP contribution in [0.2, 0.25) is 0 Å². The van der Waals surface area contributed by atoms with Gasteiger partial charge in [-0.05, 0) is 52.0 Å². The second-order valence-electron chi connectivity index (χ2n) is 9.11. The van der Waals surface area contributed by atoms with Crippen LogP contribution in [0, 0.1) is 5.92 Å². The molecule has 135 valence electrons. The maximum atomic E-state index is 11.4. The van der Waals surface area contributed by atoms with E-state index in [1.807, 2.05) is 13.8 Å². The van der Waals surface area contributed by atoms with Crippen LogP contribution in [-0.2, 0) is 15.6 Å². The van der Waals surface area contributed by atoms with Crippen molar-refractivity contribution < 1.29 is 9.90 Å². The molecule has 0 spiro atoms. The Morgan fingerprint density at radius 3 is 1.80 bits per heavy atom. The predicted molar refractivity (Wildman–Crippen MR) is 108 cm³/mol. The molecule has 0 fully saturated rings. The fraction of sp³-hybridized carbons (Fsp3) is 0.619. The van der Waals surface area contributed by atoms with E-state index in [4.69, 9.17) is 0 Å². The molecule has 0 aliphatic heterocycles. The Bertz CT molecular complexity index is 575. The van der Waals surface area contributed by atoms with E-state index in [0.29, 0.717) is 12.3 Å². The molecule has 1 aromatic rings. The zero-order valence-corrected chi connectivity index (χ0v) is 19.5. The average molecular weight is 354 g/mol. The van der Waals surface area contributed by atoms with Gasteiger partial charge in [0.25, 0.3) is 0 Å². The maximum Gasteiger partial charge on any atom is 0.328 e. The van der Waals surface area contributed by atoms with Gasteiger partial charge in [-0.15, -0.1) is 0 Å². The molecule has 0 bridgehead atoms. The summed E-state index contributed by atoms with van der Waals surface area (Å²) in [4.78, 5) is 15.8. The van der Waals surface area contributed by atoms with Crippen molar-refractivity contribution in [1.29, 1.82) is 0 Å². The maximum absolute atomic E-state index is 11.4. The van der Waals surface area contributed by atoms with E-state index in [2.05, 4.69) is 64.7 Å². The molecule has 3 nitrogen and oxygen atoms in total. The normalized spacial score (nSPS) is 13.8. The van der Waals surface area contributed by atoms with Crippen molar-refractivity contribution in [2.45, 2.75) is 78.7 Å². The number of hydrogen-bond donors (Lipinski definition) is 1. The number of hydrogen-bond acceptors (Lipinski definition) is 2. The Hall–Kier alpha value is -0.640. The van der Waals surface area contributed by atoms with Gasteiger partial charge in [-0.1, -0.05) is 61.5 Å². The number of benzene rings is 1. The van der Waals surface area contributed by atoms with E-state index in [9.17, 15) is 9.90 Å². The molecule has 0 saturated heterocycles. The molecule has 0 amide bonds. The number of carbonyl (C=O) groups is 1. The fourth-order valence-electron chi connectivity index (χ4n) is 2.44. The topological polar surface area (TPSA) is 49.7 Å². The predicted octanol–water partition coefficient (Wildman–Crippen LogP) is 4.82. The van der Waals surface area contributed by atoms with Gasteiger partial charge in [0.05, 0.1) is 0 Å². The summed E-state index contributed by atoms with van der Waals surface area (Å²) in [6.07, 6.45) is 2.28. The Morgan fingerprint density at radius 2 is 1.48 bits per heavy atom. The number of rotatable bonds is 5. The molecule has 1 aromatic carbocycles. The van der Waals surface area contributed by atoms with Crippen molar-refractivity contribution in [2.75, 3.05) is 0 Å². The summed E-state index contributed by atoms with van der Waals surface area (Å²) in [5.41, 5.74) is 3.53. The molecule has 0 heterocycles. The Balaban J connectivity index is 0.00000576. The Morgan fingerprint density at radius 1 is 1.04 bits per heavy atom. The van der Waals surface area contributed by atoms with E-state index in [1.165, 1.54) is 11.1 Å². The first kappa shape index (κ1) is 24.4. The quantitative estimate of drug-likeness (QED) is 0.609. The molecule has 1 N–H and O–H groups in total. The van der Waals surface area contributed by atoms with Gasteiger partial charge in [0.15, 0.2) is 0 Å². The first-order chi connectivity index (χ1) is 10.8. The van der Waals surface area contributed by atoms with Gasteiger partial charge in [0.2, 0.25) is 0 Å². The number of nitrogens with zero attached hydrogens (tertiary/aromatic N) is 1. The largest absolute Gasteiger partial charge is 0.480 e. The molecular weight excluding hydrogens is 321 g/mol. The van der Waals surface area contributed by atoms with Crippen LogP contribution in [0.25, 0.3) is 0 Å². The van der Waals surface area contributed by atoms with E-state index < -0.39 is 12.0 Å². The minimum Gasteiger partial charge on any atom is -0.480 e. The summed E-state index contributed by atoms with van der Waals surface area (Å²) in [5.74, 6) is -0.558. The third-order valence-corrected chi connectivity index (χ3v) is 4.07. The Kier molecular flexibility index (Phi) is 9.10. The van der Waals surface area contributed by atoms with Gasteiger partial charge < -0.3 is 5.11 Å². The molecule has 1 rings (SSSR count). The smallest absolute Gasteiger partial charge is 0.328 e. The first-order valence-electron chi connectivity index (χ1n) is 8.72. The van der Waals surface area contributed by atoms with Crippen LogP contribution in [-0.4, -0.2) is 52.9 Å². The summed E-state index contributed by atoms with van der Waals surface area (Å²) in [7, 11) is 0. The molecule has 1 unspecified atom stereocenters. The van der Waals surface area contributed by atoms with E-state index in [1.54, 1.807) is 6.21 Å². The average Bonchev–Trinajstić information content (AvgIpc) is 2.40. The standard InChI is InChI=1S/C21H33NO2.Na/c1-14(2)9-18(19(23)24)22-13-15-10-16(20(3,4)5)12-17(11-15)21(6,7)8;/h10-14,18H,9H2,1-8H3,(H,23,24);. The van der Waals surface area contributed by atoms with Crippen LogP contribution in [0.5, 0.6) is 0 Å². The minimum atomic E-state index is -0.858. The summed E-state index contributed by atoms with van der Waals surface area (Å²) in [6.45, 7) is 17.2. The van der Waals surface area contributed by atoms with Crippen molar-refractivity contribution in [2.24, 2.45) is 10.9 Å². The second-order valence-corrected chi connectivity index (χ2v) is 9.11. The van der Waals surface area contributed by atoms with Crippen molar-refractivity contribution in [3.05, 3.63) is 34.9 Å².